The molecular weight excluding hydrogens is 517 g/mol. The lowest BCUT2D eigenvalue weighted by Gasteiger charge is -2.30. The molecule has 0 atom stereocenters. The molecule has 0 aromatic carbocycles. The molecule has 0 saturated carbocycles. The summed E-state index contributed by atoms with van der Waals surface area (Å²) in [6.07, 6.45) is 3.35. The fourth-order valence-electron chi connectivity index (χ4n) is 4.02. The Kier molecular flexibility index (Phi) is 11.0. The summed E-state index contributed by atoms with van der Waals surface area (Å²) in [6.45, 7) is 16.8. The van der Waals surface area contributed by atoms with Gasteiger partial charge < -0.3 is 15.1 Å². The van der Waals surface area contributed by atoms with Crippen molar-refractivity contribution in [3.8, 4) is 0 Å². The fraction of sp³-hybridized carbons (Fsp3) is 0.696. The predicted molar refractivity (Wildman–Crippen MR) is 140 cm³/mol. The van der Waals surface area contributed by atoms with Gasteiger partial charge in [0.1, 0.15) is 5.76 Å². The molecule has 1 saturated heterocycles. The Morgan fingerprint density at radius 1 is 1.19 bits per heavy atom. The second kappa shape index (κ2) is 13.2. The van der Waals surface area contributed by atoms with Crippen molar-refractivity contribution in [2.24, 2.45) is 10.9 Å². The van der Waals surface area contributed by atoms with E-state index in [1.165, 1.54) is 18.5 Å². The van der Waals surface area contributed by atoms with E-state index >= 15 is 0 Å². The monoisotopic (exact) mass is 557 g/mol. The maximum absolute atomic E-state index is 5.74. The van der Waals surface area contributed by atoms with Crippen molar-refractivity contribution in [3.63, 3.8) is 0 Å². The van der Waals surface area contributed by atoms with Gasteiger partial charge in [0.15, 0.2) is 5.96 Å². The van der Waals surface area contributed by atoms with E-state index in [9.17, 15) is 0 Å². The molecule has 1 aliphatic heterocycles. The molecule has 2 aromatic rings. The SMILES string of the molecule is CCNC(=NCC1CCN(Cc2nc(C)c(C)o2)CC1)NCCCn1nc(C)cc1C.I. The van der Waals surface area contributed by atoms with Crippen LogP contribution in [0.5, 0.6) is 0 Å². The molecule has 9 heteroatoms. The molecule has 3 rings (SSSR count). The number of aromatic nitrogens is 3. The van der Waals surface area contributed by atoms with Gasteiger partial charge in [-0.2, -0.15) is 5.10 Å². The second-order valence-electron chi connectivity index (χ2n) is 8.62. The first-order chi connectivity index (χ1) is 14.9. The van der Waals surface area contributed by atoms with Gasteiger partial charge in [0.25, 0.3) is 0 Å². The third-order valence-corrected chi connectivity index (χ3v) is 5.93. The second-order valence-corrected chi connectivity index (χ2v) is 8.62. The highest BCUT2D eigenvalue weighted by molar-refractivity contribution is 14.0. The third kappa shape index (κ3) is 8.06. The van der Waals surface area contributed by atoms with Crippen molar-refractivity contribution in [1.29, 1.82) is 0 Å². The molecule has 0 bridgehead atoms. The third-order valence-electron chi connectivity index (χ3n) is 5.93. The lowest BCUT2D eigenvalue weighted by molar-refractivity contribution is 0.166. The van der Waals surface area contributed by atoms with Crippen molar-refractivity contribution >= 4 is 29.9 Å². The van der Waals surface area contributed by atoms with E-state index in [0.29, 0.717) is 5.92 Å². The van der Waals surface area contributed by atoms with Crippen molar-refractivity contribution in [3.05, 3.63) is 34.8 Å². The maximum atomic E-state index is 5.74. The lowest BCUT2D eigenvalue weighted by Crippen LogP contribution is -2.39. The van der Waals surface area contributed by atoms with Crippen LogP contribution >= 0.6 is 24.0 Å². The van der Waals surface area contributed by atoms with E-state index in [0.717, 1.165) is 81.2 Å². The predicted octanol–water partition coefficient (Wildman–Crippen LogP) is 3.58. The number of rotatable bonds is 9. The molecule has 8 nitrogen and oxygen atoms in total. The summed E-state index contributed by atoms with van der Waals surface area (Å²) in [5.41, 5.74) is 3.30. The summed E-state index contributed by atoms with van der Waals surface area (Å²) in [4.78, 5) is 11.8. The Bertz CT molecular complexity index is 833. The van der Waals surface area contributed by atoms with Gasteiger partial charge in [0.2, 0.25) is 5.89 Å². The number of hydrogen-bond donors (Lipinski definition) is 2. The van der Waals surface area contributed by atoms with Crippen LogP contribution in [0.2, 0.25) is 0 Å². The topological polar surface area (TPSA) is 83.5 Å². The molecule has 32 heavy (non-hydrogen) atoms. The summed E-state index contributed by atoms with van der Waals surface area (Å²) in [5, 5.41) is 11.4. The van der Waals surface area contributed by atoms with Gasteiger partial charge in [0, 0.05) is 31.9 Å². The highest BCUT2D eigenvalue weighted by atomic mass is 127. The molecule has 1 fully saturated rings. The summed E-state index contributed by atoms with van der Waals surface area (Å²) >= 11 is 0. The molecule has 0 radical (unpaired) electrons. The number of nitrogens with one attached hydrogen (secondary N) is 2. The van der Waals surface area contributed by atoms with Gasteiger partial charge in [-0.3, -0.25) is 14.6 Å². The zero-order chi connectivity index (χ0) is 22.2. The van der Waals surface area contributed by atoms with E-state index < -0.39 is 0 Å². The molecule has 0 unspecified atom stereocenters. The number of aliphatic imine (C=N–C) groups is 1. The molecule has 2 N–H and O–H groups in total. The normalized spacial score (nSPS) is 15.6. The zero-order valence-electron chi connectivity index (χ0n) is 20.3. The molecule has 0 spiro atoms. The van der Waals surface area contributed by atoms with E-state index in [2.05, 4.69) is 50.2 Å². The number of halogens is 1. The number of nitrogens with zero attached hydrogens (tertiary/aromatic N) is 5. The number of guanidine groups is 1. The minimum absolute atomic E-state index is 0. The minimum Gasteiger partial charge on any atom is -0.444 e. The van der Waals surface area contributed by atoms with Crippen LogP contribution in [0.4, 0.5) is 0 Å². The van der Waals surface area contributed by atoms with Gasteiger partial charge in [-0.05, 0) is 79.0 Å². The summed E-state index contributed by atoms with van der Waals surface area (Å²) in [6, 6.07) is 2.12. The Morgan fingerprint density at radius 3 is 2.53 bits per heavy atom. The smallest absolute Gasteiger partial charge is 0.208 e. The van der Waals surface area contributed by atoms with Gasteiger partial charge in [-0.1, -0.05) is 0 Å². The number of piperidine rings is 1. The van der Waals surface area contributed by atoms with E-state index in [1.807, 2.05) is 20.8 Å². The summed E-state index contributed by atoms with van der Waals surface area (Å²) in [7, 11) is 0. The van der Waals surface area contributed by atoms with Gasteiger partial charge in [-0.25, -0.2) is 4.98 Å². The Hall–Kier alpha value is -1.62. The zero-order valence-corrected chi connectivity index (χ0v) is 22.6. The summed E-state index contributed by atoms with van der Waals surface area (Å²) in [5.74, 6) is 3.32. The van der Waals surface area contributed by atoms with Crippen molar-refractivity contribution in [1.82, 2.24) is 30.3 Å². The molecule has 180 valence electrons. The number of oxazole rings is 1. The molecular formula is C23H40IN7O. The Balaban J connectivity index is 0.00000363. The van der Waals surface area contributed by atoms with Crippen LogP contribution in [0.15, 0.2) is 15.5 Å². The molecule has 3 heterocycles. The minimum atomic E-state index is 0. The van der Waals surface area contributed by atoms with Gasteiger partial charge in [-0.15, -0.1) is 24.0 Å². The molecule has 0 aliphatic carbocycles. The highest BCUT2D eigenvalue weighted by Gasteiger charge is 2.21. The van der Waals surface area contributed by atoms with Crippen LogP contribution in [0.25, 0.3) is 0 Å². The average Bonchev–Trinajstić information content (AvgIpc) is 3.23. The first-order valence-electron chi connectivity index (χ1n) is 11.6. The van der Waals surface area contributed by atoms with Crippen molar-refractivity contribution in [2.45, 2.75) is 67.0 Å². The largest absolute Gasteiger partial charge is 0.444 e. The number of likely N-dealkylation sites (tertiary alicyclic amines) is 1. The Labute approximate surface area is 209 Å². The summed E-state index contributed by atoms with van der Waals surface area (Å²) < 4.78 is 7.81. The van der Waals surface area contributed by atoms with E-state index in [-0.39, 0.29) is 24.0 Å². The van der Waals surface area contributed by atoms with Crippen LogP contribution in [-0.4, -0.2) is 58.3 Å². The Morgan fingerprint density at radius 2 is 1.94 bits per heavy atom. The van der Waals surface area contributed by atoms with Crippen molar-refractivity contribution < 1.29 is 4.42 Å². The maximum Gasteiger partial charge on any atom is 0.208 e. The standard InChI is InChI=1S/C23H39N7O.HI/c1-6-24-23(25-10-7-11-30-18(3)14-17(2)28-30)26-15-21-8-12-29(13-9-21)16-22-27-19(4)20(5)31-22;/h14,21H,6-13,15-16H2,1-5H3,(H2,24,25,26);1H. The molecule has 0 amide bonds. The number of aryl methyl sites for hydroxylation is 5. The van der Waals surface area contributed by atoms with Crippen molar-refractivity contribution in [2.75, 3.05) is 32.7 Å². The van der Waals surface area contributed by atoms with Gasteiger partial charge in [0.05, 0.1) is 17.9 Å². The van der Waals surface area contributed by atoms with Crippen LogP contribution in [0.1, 0.15) is 54.9 Å². The average molecular weight is 558 g/mol. The van der Waals surface area contributed by atoms with Crippen LogP contribution in [0.3, 0.4) is 0 Å². The van der Waals surface area contributed by atoms with Gasteiger partial charge >= 0.3 is 0 Å². The van der Waals surface area contributed by atoms with Crippen LogP contribution in [-0.2, 0) is 13.1 Å². The lowest BCUT2D eigenvalue weighted by atomic mass is 9.97. The van der Waals surface area contributed by atoms with Crippen LogP contribution in [0, 0.1) is 33.6 Å². The quantitative estimate of drug-likeness (QED) is 0.212. The van der Waals surface area contributed by atoms with E-state index in [4.69, 9.17) is 9.41 Å². The number of hydrogen-bond acceptors (Lipinski definition) is 5. The first kappa shape index (κ1) is 26.6. The molecule has 2 aromatic heterocycles. The van der Waals surface area contributed by atoms with E-state index in [1.54, 1.807) is 0 Å². The fourth-order valence-corrected chi connectivity index (χ4v) is 4.02. The highest BCUT2D eigenvalue weighted by Crippen LogP contribution is 2.20. The first-order valence-corrected chi connectivity index (χ1v) is 11.6. The molecule has 1 aliphatic rings. The van der Waals surface area contributed by atoms with Crippen LogP contribution < -0.4 is 10.6 Å².